The van der Waals surface area contributed by atoms with Crippen LogP contribution in [0.2, 0.25) is 0 Å². The number of nitrogens with two attached hydrogens (primary N) is 1. The third-order valence-corrected chi connectivity index (χ3v) is 9.00. The van der Waals surface area contributed by atoms with E-state index >= 15 is 0 Å². The highest BCUT2D eigenvalue weighted by Crippen LogP contribution is 2.34. The molecule has 0 heterocycles. The number of alkyl carbamates (subject to hydrolysis) is 2. The van der Waals surface area contributed by atoms with Crippen molar-refractivity contribution in [2.75, 3.05) is 6.54 Å². The molecule has 0 saturated carbocycles. The van der Waals surface area contributed by atoms with Crippen molar-refractivity contribution < 1.29 is 33.8 Å². The van der Waals surface area contributed by atoms with Crippen LogP contribution >= 0.6 is 0 Å². The lowest BCUT2D eigenvalue weighted by atomic mass is 9.88. The second-order valence-electron chi connectivity index (χ2n) is 12.9. The fraction of sp³-hybridized carbons (Fsp3) is 0.205. The van der Waals surface area contributed by atoms with Crippen molar-refractivity contribution in [3.63, 3.8) is 0 Å². The minimum absolute atomic E-state index is 0.00740. The normalized spacial score (nSPS) is 11.8. The monoisotopic (exact) mass is 755 g/mol. The van der Waals surface area contributed by atoms with Crippen molar-refractivity contribution >= 4 is 30.0 Å². The number of primary amides is 1. The van der Waals surface area contributed by atoms with E-state index in [1.54, 1.807) is 43.3 Å². The molecule has 288 valence electrons. The van der Waals surface area contributed by atoms with Crippen molar-refractivity contribution in [3.8, 4) is 5.75 Å². The zero-order valence-corrected chi connectivity index (χ0v) is 31.0. The molecule has 0 aliphatic heterocycles. The van der Waals surface area contributed by atoms with E-state index in [1.165, 1.54) is 17.0 Å². The number of phenolic OH excluding ortho intramolecular Hbond substituents is 1. The highest BCUT2D eigenvalue weighted by molar-refractivity contribution is 6.01. The molecular formula is C44H45N5O7. The molecule has 0 aliphatic rings. The van der Waals surface area contributed by atoms with Crippen LogP contribution in [-0.4, -0.2) is 52.6 Å². The number of aliphatic imine (C=N–C) groups is 1. The number of ether oxygens (including phenoxy) is 2. The average Bonchev–Trinajstić information content (AvgIpc) is 3.22. The summed E-state index contributed by atoms with van der Waals surface area (Å²) in [6.45, 7) is 1.77. The number of nitrogens with one attached hydrogen (secondary N) is 2. The Morgan fingerprint density at radius 1 is 0.661 bits per heavy atom. The van der Waals surface area contributed by atoms with Crippen LogP contribution in [0.5, 0.6) is 5.75 Å². The van der Waals surface area contributed by atoms with E-state index < -0.39 is 36.1 Å². The van der Waals surface area contributed by atoms with Crippen molar-refractivity contribution in [1.29, 1.82) is 0 Å². The minimum Gasteiger partial charge on any atom is -0.508 e. The van der Waals surface area contributed by atoms with E-state index in [9.17, 15) is 24.3 Å². The van der Waals surface area contributed by atoms with Gasteiger partial charge in [-0.3, -0.25) is 25.2 Å². The Kier molecular flexibility index (Phi) is 14.7. The zero-order valence-electron chi connectivity index (χ0n) is 31.0. The van der Waals surface area contributed by atoms with Crippen LogP contribution in [0.15, 0.2) is 151 Å². The molecule has 0 unspecified atom stereocenters. The summed E-state index contributed by atoms with van der Waals surface area (Å²) >= 11 is 0. The summed E-state index contributed by atoms with van der Waals surface area (Å²) in [6.07, 6.45) is -1.42. The van der Waals surface area contributed by atoms with E-state index in [4.69, 9.17) is 15.2 Å². The molecule has 5 rings (SSSR count). The molecule has 5 aromatic rings. The van der Waals surface area contributed by atoms with Gasteiger partial charge in [0.15, 0.2) is 0 Å². The molecule has 0 fully saturated rings. The van der Waals surface area contributed by atoms with E-state index in [1.807, 2.05) is 97.1 Å². The number of aromatic hydroxyl groups is 1. The Hall–Kier alpha value is -6.95. The number of guanidine groups is 1. The first-order valence-corrected chi connectivity index (χ1v) is 18.2. The van der Waals surface area contributed by atoms with Gasteiger partial charge in [0.25, 0.3) is 0 Å². The number of carbonyl (C=O) groups is 4. The fourth-order valence-corrected chi connectivity index (χ4v) is 6.16. The lowest BCUT2D eigenvalue weighted by molar-refractivity contribution is -0.142. The first-order valence-electron chi connectivity index (χ1n) is 18.2. The number of hydrogen-bond donors (Lipinski definition) is 4. The Labute approximate surface area is 326 Å². The Morgan fingerprint density at radius 2 is 1.11 bits per heavy atom. The van der Waals surface area contributed by atoms with Crippen molar-refractivity contribution in [2.45, 2.75) is 51.0 Å². The van der Waals surface area contributed by atoms with Crippen LogP contribution < -0.4 is 16.4 Å². The van der Waals surface area contributed by atoms with Crippen LogP contribution in [0.4, 0.5) is 9.59 Å². The summed E-state index contributed by atoms with van der Waals surface area (Å²) < 4.78 is 10.7. The largest absolute Gasteiger partial charge is 0.508 e. The first-order chi connectivity index (χ1) is 27.2. The number of hydrogen-bond acceptors (Lipinski definition) is 8. The maximum absolute atomic E-state index is 14.9. The van der Waals surface area contributed by atoms with Gasteiger partial charge >= 0.3 is 12.2 Å². The number of phenols is 1. The zero-order chi connectivity index (χ0) is 39.7. The lowest BCUT2D eigenvalue weighted by Crippen LogP contribution is -2.50. The summed E-state index contributed by atoms with van der Waals surface area (Å²) in [7, 11) is 0. The van der Waals surface area contributed by atoms with Gasteiger partial charge in [-0.05, 0) is 59.7 Å². The molecule has 0 saturated heterocycles. The standard InChI is InChI=1S/C44H45N5O7/c1-31(34-24-26-37(50)27-25-34)49(41(52)39(35-19-10-4-11-20-35)36-21-12-5-13-22-36)38(40(45)51)23-14-28-46-42(47-43(53)55-29-32-15-6-2-7-16-32)48-44(54)56-30-33-17-8-3-9-18-33/h2-13,15-22,24-27,31,38-39,50H,14,23,28-30H2,1H3,(H2,45,51)(H2,46,47,48,53,54)/t31-,38-/m1/s1. The van der Waals surface area contributed by atoms with Gasteiger partial charge in [-0.1, -0.05) is 133 Å². The van der Waals surface area contributed by atoms with Crippen LogP contribution in [0.25, 0.3) is 0 Å². The lowest BCUT2D eigenvalue weighted by Gasteiger charge is -2.38. The van der Waals surface area contributed by atoms with Crippen molar-refractivity contribution in [1.82, 2.24) is 15.5 Å². The smallest absolute Gasteiger partial charge is 0.414 e. The van der Waals surface area contributed by atoms with Crippen molar-refractivity contribution in [2.24, 2.45) is 10.7 Å². The summed E-state index contributed by atoms with van der Waals surface area (Å²) in [5.74, 6) is -2.00. The number of amides is 4. The SMILES string of the molecule is C[C@H](c1ccc(O)cc1)N(C(=O)C(c1ccccc1)c1ccccc1)[C@H](CCCN=C(NC(=O)OCc1ccccc1)NC(=O)OCc1ccccc1)C(N)=O. The maximum atomic E-state index is 14.9. The molecule has 0 spiro atoms. The quantitative estimate of drug-likeness (QED) is 0.0508. The van der Waals surface area contributed by atoms with E-state index in [0.29, 0.717) is 5.56 Å². The molecule has 2 atom stereocenters. The van der Waals surface area contributed by atoms with Gasteiger partial charge < -0.3 is 25.2 Å². The van der Waals surface area contributed by atoms with E-state index in [-0.39, 0.29) is 50.2 Å². The maximum Gasteiger partial charge on any atom is 0.414 e. The molecule has 0 bridgehead atoms. The third kappa shape index (κ3) is 11.8. The van der Waals surface area contributed by atoms with Gasteiger partial charge in [-0.25, -0.2) is 9.59 Å². The van der Waals surface area contributed by atoms with Gasteiger partial charge in [-0.2, -0.15) is 0 Å². The first kappa shape index (κ1) is 40.2. The topological polar surface area (TPSA) is 173 Å². The van der Waals surface area contributed by atoms with Crippen LogP contribution in [0.1, 0.15) is 59.5 Å². The van der Waals surface area contributed by atoms with Gasteiger partial charge in [0.05, 0.1) is 12.0 Å². The van der Waals surface area contributed by atoms with E-state index in [2.05, 4.69) is 15.6 Å². The highest BCUT2D eigenvalue weighted by atomic mass is 16.6. The Morgan fingerprint density at radius 3 is 1.55 bits per heavy atom. The fourth-order valence-electron chi connectivity index (χ4n) is 6.16. The van der Waals surface area contributed by atoms with Gasteiger partial charge in [0.2, 0.25) is 17.8 Å². The predicted molar refractivity (Wildman–Crippen MR) is 212 cm³/mol. The van der Waals surface area contributed by atoms with Crippen LogP contribution in [0, 0.1) is 0 Å². The molecule has 5 N–H and O–H groups in total. The summed E-state index contributed by atoms with van der Waals surface area (Å²) in [4.78, 5) is 59.7. The molecule has 4 amide bonds. The Balaban J connectivity index is 1.37. The second kappa shape index (κ2) is 20.5. The number of carbonyl (C=O) groups excluding carboxylic acids is 4. The van der Waals surface area contributed by atoms with Gasteiger partial charge in [-0.15, -0.1) is 0 Å². The van der Waals surface area contributed by atoms with Crippen LogP contribution in [0.3, 0.4) is 0 Å². The molecule has 5 aromatic carbocycles. The third-order valence-electron chi connectivity index (χ3n) is 9.00. The number of rotatable bonds is 15. The molecule has 12 nitrogen and oxygen atoms in total. The van der Waals surface area contributed by atoms with Gasteiger partial charge in [0.1, 0.15) is 25.0 Å². The predicted octanol–water partition coefficient (Wildman–Crippen LogP) is 6.96. The molecule has 0 aliphatic carbocycles. The van der Waals surface area contributed by atoms with Crippen LogP contribution in [-0.2, 0) is 32.3 Å². The highest BCUT2D eigenvalue weighted by Gasteiger charge is 2.37. The Bertz CT molecular complexity index is 1950. The summed E-state index contributed by atoms with van der Waals surface area (Å²) in [6, 6.07) is 41.4. The summed E-state index contributed by atoms with van der Waals surface area (Å²) in [5, 5.41) is 14.9. The van der Waals surface area contributed by atoms with E-state index in [0.717, 1.165) is 22.3 Å². The average molecular weight is 756 g/mol. The van der Waals surface area contributed by atoms with Gasteiger partial charge in [0, 0.05) is 6.54 Å². The summed E-state index contributed by atoms with van der Waals surface area (Å²) in [5.41, 5.74) is 9.75. The number of nitrogens with zero attached hydrogens (tertiary/aromatic N) is 2. The number of benzene rings is 5. The minimum atomic E-state index is -1.09. The molecular weight excluding hydrogens is 711 g/mol. The molecule has 56 heavy (non-hydrogen) atoms. The van der Waals surface area contributed by atoms with Crippen molar-refractivity contribution in [3.05, 3.63) is 173 Å². The molecule has 12 heteroatoms. The molecule has 0 radical (unpaired) electrons. The molecule has 0 aromatic heterocycles. The second-order valence-corrected chi connectivity index (χ2v) is 12.9.